The van der Waals surface area contributed by atoms with Gasteiger partial charge in [-0.25, -0.2) is 14.4 Å². The summed E-state index contributed by atoms with van der Waals surface area (Å²) in [6, 6.07) is 15.1. The molecule has 2 heterocycles. The van der Waals surface area contributed by atoms with Crippen molar-refractivity contribution in [2.75, 3.05) is 31.1 Å². The molecule has 1 saturated heterocycles. The number of hydrogen-bond acceptors (Lipinski definition) is 5. The molecule has 1 aliphatic rings. The standard InChI is InChI=1S/C21H18ClFN4O2/c22-17-12-16(6-7-18(17)23)29-20-13-19(24-14-25-20)26-8-10-27(11-9-26)21(28)15-4-2-1-3-5-15/h1-7,12-14H,8-11H2. The molecular formula is C21H18ClFN4O2. The van der Waals surface area contributed by atoms with Crippen molar-refractivity contribution in [3.63, 3.8) is 0 Å². The lowest BCUT2D eigenvalue weighted by atomic mass is 10.2. The average molecular weight is 413 g/mol. The van der Waals surface area contributed by atoms with E-state index in [-0.39, 0.29) is 10.9 Å². The quantitative estimate of drug-likeness (QED) is 0.647. The van der Waals surface area contributed by atoms with Crippen molar-refractivity contribution in [3.8, 4) is 11.6 Å². The fourth-order valence-electron chi connectivity index (χ4n) is 3.12. The van der Waals surface area contributed by atoms with Crippen molar-refractivity contribution in [3.05, 3.63) is 77.3 Å². The monoisotopic (exact) mass is 412 g/mol. The number of ether oxygens (including phenoxy) is 1. The van der Waals surface area contributed by atoms with E-state index < -0.39 is 5.82 Å². The molecule has 0 atom stereocenters. The zero-order valence-electron chi connectivity index (χ0n) is 15.5. The zero-order valence-corrected chi connectivity index (χ0v) is 16.2. The predicted octanol–water partition coefficient (Wildman–Crippen LogP) is 4.02. The summed E-state index contributed by atoms with van der Waals surface area (Å²) in [6.07, 6.45) is 1.41. The molecule has 0 saturated carbocycles. The molecule has 0 aliphatic carbocycles. The molecule has 1 aliphatic heterocycles. The molecule has 148 valence electrons. The number of anilines is 1. The third kappa shape index (κ3) is 4.46. The van der Waals surface area contributed by atoms with Gasteiger partial charge in [-0.05, 0) is 24.3 Å². The van der Waals surface area contributed by atoms with Gasteiger partial charge in [-0.1, -0.05) is 29.8 Å². The second kappa shape index (κ2) is 8.45. The Balaban J connectivity index is 1.40. The van der Waals surface area contributed by atoms with Crippen LogP contribution in [0.4, 0.5) is 10.2 Å². The van der Waals surface area contributed by atoms with Crippen LogP contribution in [0, 0.1) is 5.82 Å². The molecule has 8 heteroatoms. The number of rotatable bonds is 4. The highest BCUT2D eigenvalue weighted by molar-refractivity contribution is 6.30. The maximum Gasteiger partial charge on any atom is 0.253 e. The molecule has 0 N–H and O–H groups in total. The summed E-state index contributed by atoms with van der Waals surface area (Å²) in [5, 5.41) is -0.0176. The zero-order chi connectivity index (χ0) is 20.2. The van der Waals surface area contributed by atoms with Crippen LogP contribution >= 0.6 is 11.6 Å². The van der Waals surface area contributed by atoms with Gasteiger partial charge in [0.15, 0.2) is 0 Å². The van der Waals surface area contributed by atoms with Crippen LogP contribution in [-0.4, -0.2) is 47.0 Å². The van der Waals surface area contributed by atoms with E-state index in [9.17, 15) is 9.18 Å². The molecule has 1 fully saturated rings. The van der Waals surface area contributed by atoms with Crippen molar-refractivity contribution in [2.24, 2.45) is 0 Å². The molecule has 2 aromatic carbocycles. The van der Waals surface area contributed by atoms with Crippen molar-refractivity contribution < 1.29 is 13.9 Å². The van der Waals surface area contributed by atoms with Gasteiger partial charge in [0, 0.05) is 43.9 Å². The minimum absolute atomic E-state index is 0.0176. The summed E-state index contributed by atoms with van der Waals surface area (Å²) < 4.78 is 19.0. The van der Waals surface area contributed by atoms with Crippen molar-refractivity contribution in [1.82, 2.24) is 14.9 Å². The van der Waals surface area contributed by atoms with E-state index in [1.165, 1.54) is 24.5 Å². The number of amides is 1. The maximum atomic E-state index is 13.3. The molecule has 1 amide bonds. The van der Waals surface area contributed by atoms with Crippen LogP contribution in [-0.2, 0) is 0 Å². The lowest BCUT2D eigenvalue weighted by molar-refractivity contribution is 0.0746. The fourth-order valence-corrected chi connectivity index (χ4v) is 3.29. The Bertz CT molecular complexity index is 1010. The Morgan fingerprint density at radius 2 is 1.76 bits per heavy atom. The fraction of sp³-hybridized carbons (Fsp3) is 0.190. The molecular weight excluding hydrogens is 395 g/mol. The van der Waals surface area contributed by atoms with Gasteiger partial charge in [-0.2, -0.15) is 0 Å². The number of hydrogen-bond donors (Lipinski definition) is 0. The summed E-state index contributed by atoms with van der Waals surface area (Å²) >= 11 is 5.79. The molecule has 3 aromatic rings. The first-order valence-electron chi connectivity index (χ1n) is 9.14. The molecule has 29 heavy (non-hydrogen) atoms. The molecule has 0 spiro atoms. The van der Waals surface area contributed by atoms with Crippen LogP contribution in [0.15, 0.2) is 60.9 Å². The Labute approximate surface area is 172 Å². The highest BCUT2D eigenvalue weighted by Gasteiger charge is 2.23. The normalized spacial score (nSPS) is 14.0. The topological polar surface area (TPSA) is 58.6 Å². The first-order valence-corrected chi connectivity index (χ1v) is 9.52. The largest absolute Gasteiger partial charge is 0.439 e. The average Bonchev–Trinajstić information content (AvgIpc) is 2.77. The first-order chi connectivity index (χ1) is 14.1. The second-order valence-corrected chi connectivity index (χ2v) is 6.94. The van der Waals surface area contributed by atoms with Crippen molar-refractivity contribution in [1.29, 1.82) is 0 Å². The number of aromatic nitrogens is 2. The molecule has 1 aromatic heterocycles. The Kier molecular flexibility index (Phi) is 5.57. The van der Waals surface area contributed by atoms with E-state index in [4.69, 9.17) is 16.3 Å². The van der Waals surface area contributed by atoms with Gasteiger partial charge >= 0.3 is 0 Å². The summed E-state index contributed by atoms with van der Waals surface area (Å²) in [6.45, 7) is 2.50. The highest BCUT2D eigenvalue weighted by Crippen LogP contribution is 2.26. The summed E-state index contributed by atoms with van der Waals surface area (Å²) in [5.41, 5.74) is 0.691. The van der Waals surface area contributed by atoms with E-state index in [2.05, 4.69) is 14.9 Å². The van der Waals surface area contributed by atoms with Gasteiger partial charge < -0.3 is 14.5 Å². The summed E-state index contributed by atoms with van der Waals surface area (Å²) in [7, 11) is 0. The van der Waals surface area contributed by atoms with Gasteiger partial charge in [-0.15, -0.1) is 0 Å². The number of halogens is 2. The Morgan fingerprint density at radius 3 is 2.48 bits per heavy atom. The van der Waals surface area contributed by atoms with E-state index in [1.807, 2.05) is 35.2 Å². The predicted molar refractivity (Wildman–Crippen MR) is 108 cm³/mol. The minimum Gasteiger partial charge on any atom is -0.439 e. The van der Waals surface area contributed by atoms with Gasteiger partial charge in [0.25, 0.3) is 5.91 Å². The van der Waals surface area contributed by atoms with E-state index in [0.717, 1.165) is 0 Å². The number of benzene rings is 2. The molecule has 4 rings (SSSR count). The van der Waals surface area contributed by atoms with Crippen LogP contribution < -0.4 is 9.64 Å². The van der Waals surface area contributed by atoms with Crippen LogP contribution in [0.3, 0.4) is 0 Å². The number of carbonyl (C=O) groups excluding carboxylic acids is 1. The third-order valence-electron chi connectivity index (χ3n) is 4.65. The minimum atomic E-state index is -0.509. The number of piperazine rings is 1. The molecule has 0 radical (unpaired) electrons. The van der Waals surface area contributed by atoms with Gasteiger partial charge in [-0.3, -0.25) is 4.79 Å². The van der Waals surface area contributed by atoms with Crippen LogP contribution in [0.25, 0.3) is 0 Å². The van der Waals surface area contributed by atoms with Crippen molar-refractivity contribution >= 4 is 23.3 Å². The van der Waals surface area contributed by atoms with Gasteiger partial charge in [0.1, 0.15) is 23.7 Å². The van der Waals surface area contributed by atoms with Crippen LogP contribution in [0.1, 0.15) is 10.4 Å². The van der Waals surface area contributed by atoms with E-state index in [0.29, 0.717) is 49.2 Å². The Morgan fingerprint density at radius 1 is 1.00 bits per heavy atom. The number of carbonyl (C=O) groups is 1. The maximum absolute atomic E-state index is 13.3. The first kappa shape index (κ1) is 19.1. The highest BCUT2D eigenvalue weighted by atomic mass is 35.5. The summed E-state index contributed by atoms with van der Waals surface area (Å²) in [5.74, 6) is 0.949. The lowest BCUT2D eigenvalue weighted by Gasteiger charge is -2.35. The number of nitrogens with zero attached hydrogens (tertiary/aromatic N) is 4. The lowest BCUT2D eigenvalue weighted by Crippen LogP contribution is -2.49. The molecule has 0 bridgehead atoms. The molecule has 6 nitrogen and oxygen atoms in total. The summed E-state index contributed by atoms with van der Waals surface area (Å²) in [4.78, 5) is 24.9. The van der Waals surface area contributed by atoms with E-state index >= 15 is 0 Å². The third-order valence-corrected chi connectivity index (χ3v) is 4.94. The van der Waals surface area contributed by atoms with Gasteiger partial charge in [0.2, 0.25) is 5.88 Å². The smallest absolute Gasteiger partial charge is 0.253 e. The van der Waals surface area contributed by atoms with E-state index in [1.54, 1.807) is 6.07 Å². The SMILES string of the molecule is O=C(c1ccccc1)N1CCN(c2cc(Oc3ccc(F)c(Cl)c3)ncn2)CC1. The van der Waals surface area contributed by atoms with Crippen molar-refractivity contribution in [2.45, 2.75) is 0 Å². The van der Waals surface area contributed by atoms with Crippen LogP contribution in [0.2, 0.25) is 5.02 Å². The Hall–Kier alpha value is -3.19. The van der Waals surface area contributed by atoms with Crippen LogP contribution in [0.5, 0.6) is 11.6 Å². The van der Waals surface area contributed by atoms with Gasteiger partial charge in [0.05, 0.1) is 5.02 Å². The second-order valence-electron chi connectivity index (χ2n) is 6.54. The molecule has 0 unspecified atom stereocenters.